The Morgan fingerprint density at radius 3 is 2.67 bits per heavy atom. The Balaban J connectivity index is 1.93. The first-order valence-electron chi connectivity index (χ1n) is 8.29. The van der Waals surface area contributed by atoms with Gasteiger partial charge in [-0.2, -0.15) is 5.10 Å². The Labute approximate surface area is 142 Å². The molecule has 0 fully saturated rings. The number of aryl methyl sites for hydroxylation is 2. The number of ether oxygens (including phenoxy) is 1. The first kappa shape index (κ1) is 16.3. The lowest BCUT2D eigenvalue weighted by molar-refractivity contribution is 0.419. The molecule has 0 aliphatic carbocycles. The molecule has 2 heterocycles. The van der Waals surface area contributed by atoms with Crippen LogP contribution in [0.3, 0.4) is 0 Å². The van der Waals surface area contributed by atoms with Crippen LogP contribution in [0, 0.1) is 13.8 Å². The highest BCUT2D eigenvalue weighted by Gasteiger charge is 2.17. The maximum atomic E-state index is 5.42. The molecule has 0 aliphatic heterocycles. The summed E-state index contributed by atoms with van der Waals surface area (Å²) >= 11 is 0. The molecule has 5 heteroatoms. The second-order valence-corrected chi connectivity index (χ2v) is 5.99. The third-order valence-corrected chi connectivity index (χ3v) is 4.44. The van der Waals surface area contributed by atoms with Crippen molar-refractivity contribution in [1.82, 2.24) is 14.8 Å². The summed E-state index contributed by atoms with van der Waals surface area (Å²) in [5.74, 6) is 1.62. The van der Waals surface area contributed by atoms with Gasteiger partial charge in [0, 0.05) is 23.2 Å². The molecule has 24 heavy (non-hydrogen) atoms. The van der Waals surface area contributed by atoms with Crippen LogP contribution in [0.25, 0.3) is 10.9 Å². The van der Waals surface area contributed by atoms with Crippen molar-refractivity contribution in [2.45, 2.75) is 40.3 Å². The zero-order valence-corrected chi connectivity index (χ0v) is 14.9. The average molecular weight is 324 g/mol. The predicted octanol–water partition coefficient (Wildman–Crippen LogP) is 4.25. The number of methoxy groups -OCH3 is 1. The van der Waals surface area contributed by atoms with Crippen LogP contribution >= 0.6 is 0 Å². The molecule has 126 valence electrons. The van der Waals surface area contributed by atoms with Gasteiger partial charge in [0.2, 0.25) is 0 Å². The van der Waals surface area contributed by atoms with Gasteiger partial charge in [-0.3, -0.25) is 4.68 Å². The minimum Gasteiger partial charge on any atom is -0.494 e. The SMILES string of the molecule is CCn1nc(C)c(C(C)Nc2ccc3cccc(OC)c3n2)c1C. The summed E-state index contributed by atoms with van der Waals surface area (Å²) in [5.41, 5.74) is 4.37. The molecule has 0 saturated heterocycles. The van der Waals surface area contributed by atoms with E-state index in [9.17, 15) is 0 Å². The van der Waals surface area contributed by atoms with E-state index in [2.05, 4.69) is 44.2 Å². The first-order chi connectivity index (χ1) is 11.5. The van der Waals surface area contributed by atoms with E-state index in [1.807, 2.05) is 28.9 Å². The number of para-hydroxylation sites is 1. The highest BCUT2D eigenvalue weighted by atomic mass is 16.5. The van der Waals surface area contributed by atoms with E-state index in [0.717, 1.165) is 34.7 Å². The fourth-order valence-corrected chi connectivity index (χ4v) is 3.30. The highest BCUT2D eigenvalue weighted by Crippen LogP contribution is 2.28. The van der Waals surface area contributed by atoms with Crippen LogP contribution in [-0.4, -0.2) is 21.9 Å². The van der Waals surface area contributed by atoms with E-state index in [1.54, 1.807) is 7.11 Å². The number of hydrogen-bond acceptors (Lipinski definition) is 4. The largest absolute Gasteiger partial charge is 0.494 e. The lowest BCUT2D eigenvalue weighted by atomic mass is 10.1. The number of anilines is 1. The molecule has 5 nitrogen and oxygen atoms in total. The molecular weight excluding hydrogens is 300 g/mol. The van der Waals surface area contributed by atoms with Crippen LogP contribution in [0.1, 0.15) is 36.8 Å². The molecule has 1 N–H and O–H groups in total. The Hall–Kier alpha value is -2.56. The van der Waals surface area contributed by atoms with Gasteiger partial charge in [-0.1, -0.05) is 12.1 Å². The Kier molecular flexibility index (Phi) is 4.42. The van der Waals surface area contributed by atoms with Crippen molar-refractivity contribution >= 4 is 16.7 Å². The highest BCUT2D eigenvalue weighted by molar-refractivity contribution is 5.85. The number of nitrogens with one attached hydrogen (secondary N) is 1. The lowest BCUT2D eigenvalue weighted by Crippen LogP contribution is -2.10. The van der Waals surface area contributed by atoms with Crippen molar-refractivity contribution in [1.29, 1.82) is 0 Å². The first-order valence-corrected chi connectivity index (χ1v) is 8.29. The molecule has 0 radical (unpaired) electrons. The second kappa shape index (κ2) is 6.51. The molecule has 3 aromatic rings. The van der Waals surface area contributed by atoms with E-state index >= 15 is 0 Å². The number of pyridine rings is 1. The molecular formula is C19H24N4O. The number of rotatable bonds is 5. The molecule has 0 spiro atoms. The van der Waals surface area contributed by atoms with Gasteiger partial charge < -0.3 is 10.1 Å². The minimum absolute atomic E-state index is 0.130. The molecule has 0 amide bonds. The summed E-state index contributed by atoms with van der Waals surface area (Å²) in [6.07, 6.45) is 0. The number of benzene rings is 1. The van der Waals surface area contributed by atoms with E-state index < -0.39 is 0 Å². The van der Waals surface area contributed by atoms with E-state index in [4.69, 9.17) is 9.72 Å². The standard InChI is InChI=1S/C19H24N4O/c1-6-23-14(4)18(13(3)22-23)12(2)20-17-11-10-15-8-7-9-16(24-5)19(15)21-17/h7-12H,6H2,1-5H3,(H,20,21). The Morgan fingerprint density at radius 2 is 2.00 bits per heavy atom. The number of aromatic nitrogens is 3. The quantitative estimate of drug-likeness (QED) is 0.762. The van der Waals surface area contributed by atoms with Crippen LogP contribution in [-0.2, 0) is 6.54 Å². The monoisotopic (exact) mass is 324 g/mol. The molecule has 1 unspecified atom stereocenters. The summed E-state index contributed by atoms with van der Waals surface area (Å²) in [5, 5.41) is 9.17. The molecule has 0 aliphatic rings. The van der Waals surface area contributed by atoms with Crippen molar-refractivity contribution in [2.75, 3.05) is 12.4 Å². The van der Waals surface area contributed by atoms with Crippen LogP contribution in [0.15, 0.2) is 30.3 Å². The zero-order chi connectivity index (χ0) is 17.3. The fourth-order valence-electron chi connectivity index (χ4n) is 3.30. The minimum atomic E-state index is 0.130. The van der Waals surface area contributed by atoms with Crippen molar-refractivity contribution in [3.63, 3.8) is 0 Å². The van der Waals surface area contributed by atoms with Crippen LogP contribution < -0.4 is 10.1 Å². The van der Waals surface area contributed by atoms with Crippen LogP contribution in [0.4, 0.5) is 5.82 Å². The van der Waals surface area contributed by atoms with E-state index in [-0.39, 0.29) is 6.04 Å². The Morgan fingerprint density at radius 1 is 1.21 bits per heavy atom. The van der Waals surface area contributed by atoms with Gasteiger partial charge in [0.1, 0.15) is 17.1 Å². The summed E-state index contributed by atoms with van der Waals surface area (Å²) < 4.78 is 7.47. The van der Waals surface area contributed by atoms with Gasteiger partial charge in [-0.25, -0.2) is 4.98 Å². The molecule has 0 saturated carbocycles. The average Bonchev–Trinajstić information content (AvgIpc) is 2.88. The summed E-state index contributed by atoms with van der Waals surface area (Å²) in [6.45, 7) is 9.31. The van der Waals surface area contributed by atoms with Crippen molar-refractivity contribution < 1.29 is 4.74 Å². The van der Waals surface area contributed by atoms with Gasteiger partial charge in [-0.05, 0) is 45.9 Å². The van der Waals surface area contributed by atoms with Crippen molar-refractivity contribution in [3.05, 3.63) is 47.3 Å². The van der Waals surface area contributed by atoms with Gasteiger partial charge in [-0.15, -0.1) is 0 Å². The summed E-state index contributed by atoms with van der Waals surface area (Å²) in [4.78, 5) is 4.73. The van der Waals surface area contributed by atoms with E-state index in [0.29, 0.717) is 0 Å². The predicted molar refractivity (Wildman–Crippen MR) is 97.7 cm³/mol. The van der Waals surface area contributed by atoms with Gasteiger partial charge >= 0.3 is 0 Å². The van der Waals surface area contributed by atoms with Crippen LogP contribution in [0.5, 0.6) is 5.75 Å². The maximum Gasteiger partial charge on any atom is 0.145 e. The smallest absolute Gasteiger partial charge is 0.145 e. The maximum absolute atomic E-state index is 5.42. The van der Waals surface area contributed by atoms with Gasteiger partial charge in [0.15, 0.2) is 0 Å². The number of nitrogens with zero attached hydrogens (tertiary/aromatic N) is 3. The van der Waals surface area contributed by atoms with E-state index in [1.165, 1.54) is 11.3 Å². The second-order valence-electron chi connectivity index (χ2n) is 5.99. The third-order valence-electron chi connectivity index (χ3n) is 4.44. The lowest BCUT2D eigenvalue weighted by Gasteiger charge is -2.16. The molecule has 2 aromatic heterocycles. The van der Waals surface area contributed by atoms with Crippen molar-refractivity contribution in [3.8, 4) is 5.75 Å². The fraction of sp³-hybridized carbons (Fsp3) is 0.368. The molecule has 0 bridgehead atoms. The Bertz CT molecular complexity index is 869. The van der Waals surface area contributed by atoms with Crippen molar-refractivity contribution in [2.24, 2.45) is 0 Å². The third kappa shape index (κ3) is 2.82. The summed E-state index contributed by atoms with van der Waals surface area (Å²) in [7, 11) is 1.67. The molecule has 1 aromatic carbocycles. The topological polar surface area (TPSA) is 52.0 Å². The number of fused-ring (bicyclic) bond motifs is 1. The summed E-state index contributed by atoms with van der Waals surface area (Å²) in [6, 6.07) is 10.1. The van der Waals surface area contributed by atoms with Gasteiger partial charge in [0.05, 0.1) is 18.8 Å². The zero-order valence-electron chi connectivity index (χ0n) is 14.9. The molecule has 1 atom stereocenters. The van der Waals surface area contributed by atoms with Gasteiger partial charge in [0.25, 0.3) is 0 Å². The number of hydrogen-bond donors (Lipinski definition) is 1. The molecule has 3 rings (SSSR count). The van der Waals surface area contributed by atoms with Crippen LogP contribution in [0.2, 0.25) is 0 Å². The normalized spacial score (nSPS) is 12.4.